The molecule has 0 aliphatic carbocycles. The van der Waals surface area contributed by atoms with Crippen molar-refractivity contribution in [1.29, 1.82) is 0 Å². The Balaban J connectivity index is 1.57. The van der Waals surface area contributed by atoms with Crippen molar-refractivity contribution in [3.63, 3.8) is 0 Å². The molecule has 28 heavy (non-hydrogen) atoms. The molecule has 1 aliphatic rings. The zero-order valence-corrected chi connectivity index (χ0v) is 17.8. The molecule has 1 heterocycles. The number of anilines is 1. The molecule has 0 bridgehead atoms. The number of sulfonamides is 1. The number of benzene rings is 2. The highest BCUT2D eigenvalue weighted by Gasteiger charge is 2.26. The SMILES string of the molecule is Cc1cc(C)cc(NC(=S)N2CCN(S(=O)(=O)/C=C/c3ccccc3)CC2)c1. The summed E-state index contributed by atoms with van der Waals surface area (Å²) in [5.74, 6) is 0. The first kappa shape index (κ1) is 20.5. The minimum atomic E-state index is -3.44. The van der Waals surface area contributed by atoms with Gasteiger partial charge in [-0.2, -0.15) is 4.31 Å². The van der Waals surface area contributed by atoms with Crippen LogP contribution >= 0.6 is 12.2 Å². The minimum absolute atomic E-state index is 0.413. The van der Waals surface area contributed by atoms with Gasteiger partial charge in [-0.15, -0.1) is 0 Å². The van der Waals surface area contributed by atoms with Crippen LogP contribution in [0.25, 0.3) is 6.08 Å². The van der Waals surface area contributed by atoms with Crippen LogP contribution in [0.5, 0.6) is 0 Å². The first-order chi connectivity index (χ1) is 13.3. The molecular weight excluding hydrogens is 390 g/mol. The number of rotatable bonds is 4. The first-order valence-corrected chi connectivity index (χ1v) is 11.1. The fourth-order valence-electron chi connectivity index (χ4n) is 3.21. The Morgan fingerprint density at radius 1 is 1.00 bits per heavy atom. The standard InChI is InChI=1S/C21H25N3O2S2/c1-17-14-18(2)16-20(15-17)22-21(27)23-9-11-24(12-10-23)28(25,26)13-8-19-6-4-3-5-7-19/h3-8,13-16H,9-12H2,1-2H3,(H,22,27)/b13-8+. The largest absolute Gasteiger partial charge is 0.346 e. The Bertz CT molecular complexity index is 944. The summed E-state index contributed by atoms with van der Waals surface area (Å²) in [5.41, 5.74) is 4.17. The van der Waals surface area contributed by atoms with Gasteiger partial charge in [0.1, 0.15) is 0 Å². The van der Waals surface area contributed by atoms with Crippen LogP contribution in [0, 0.1) is 13.8 Å². The molecule has 5 nitrogen and oxygen atoms in total. The van der Waals surface area contributed by atoms with Crippen molar-refractivity contribution < 1.29 is 8.42 Å². The van der Waals surface area contributed by atoms with Crippen LogP contribution in [0.4, 0.5) is 5.69 Å². The number of thiocarbonyl (C=S) groups is 1. The third-order valence-electron chi connectivity index (χ3n) is 4.59. The number of aryl methyl sites for hydroxylation is 2. The highest BCUT2D eigenvalue weighted by molar-refractivity contribution is 7.92. The molecule has 0 saturated carbocycles. The lowest BCUT2D eigenvalue weighted by molar-refractivity contribution is 0.270. The molecule has 0 spiro atoms. The van der Waals surface area contributed by atoms with Crippen molar-refractivity contribution in [2.24, 2.45) is 0 Å². The average Bonchev–Trinajstić information content (AvgIpc) is 2.66. The molecule has 0 amide bonds. The lowest BCUT2D eigenvalue weighted by Crippen LogP contribution is -2.51. The lowest BCUT2D eigenvalue weighted by Gasteiger charge is -2.35. The fourth-order valence-corrected chi connectivity index (χ4v) is 4.68. The van der Waals surface area contributed by atoms with E-state index >= 15 is 0 Å². The van der Waals surface area contributed by atoms with Crippen LogP contribution in [0.15, 0.2) is 53.9 Å². The molecule has 148 valence electrons. The maximum Gasteiger partial charge on any atom is 0.236 e. The normalized spacial score (nSPS) is 15.7. The number of piperazine rings is 1. The Labute approximate surface area is 172 Å². The Morgan fingerprint density at radius 3 is 2.21 bits per heavy atom. The van der Waals surface area contributed by atoms with Crippen LogP contribution in [0.2, 0.25) is 0 Å². The topological polar surface area (TPSA) is 52.6 Å². The van der Waals surface area contributed by atoms with Crippen LogP contribution < -0.4 is 5.32 Å². The highest BCUT2D eigenvalue weighted by Crippen LogP contribution is 2.16. The molecule has 1 fully saturated rings. The quantitative estimate of drug-likeness (QED) is 0.773. The van der Waals surface area contributed by atoms with Gasteiger partial charge in [0.2, 0.25) is 10.0 Å². The van der Waals surface area contributed by atoms with E-state index in [1.54, 1.807) is 6.08 Å². The summed E-state index contributed by atoms with van der Waals surface area (Å²) < 4.78 is 26.6. The van der Waals surface area contributed by atoms with Crippen LogP contribution in [-0.2, 0) is 10.0 Å². The summed E-state index contributed by atoms with van der Waals surface area (Å²) in [6.07, 6.45) is 1.63. The van der Waals surface area contributed by atoms with Crippen LogP contribution in [0.1, 0.15) is 16.7 Å². The van der Waals surface area contributed by atoms with E-state index in [1.165, 1.54) is 20.8 Å². The molecule has 0 atom stereocenters. The van der Waals surface area contributed by atoms with Crippen LogP contribution in [-0.4, -0.2) is 48.9 Å². The molecule has 1 N–H and O–H groups in total. The number of hydrogen-bond acceptors (Lipinski definition) is 3. The van der Waals surface area contributed by atoms with E-state index in [0.717, 1.165) is 11.3 Å². The van der Waals surface area contributed by atoms with E-state index in [2.05, 4.69) is 11.4 Å². The van der Waals surface area contributed by atoms with Gasteiger partial charge in [0, 0.05) is 37.3 Å². The molecule has 1 aliphatic heterocycles. The highest BCUT2D eigenvalue weighted by atomic mass is 32.2. The zero-order chi connectivity index (χ0) is 20.1. The van der Waals surface area contributed by atoms with Gasteiger partial charge < -0.3 is 10.2 Å². The summed E-state index contributed by atoms with van der Waals surface area (Å²) in [6.45, 7) is 6.05. The van der Waals surface area contributed by atoms with Crippen molar-refractivity contribution in [3.8, 4) is 0 Å². The third-order valence-corrected chi connectivity index (χ3v) is 6.52. The van der Waals surface area contributed by atoms with Crippen LogP contribution in [0.3, 0.4) is 0 Å². The molecule has 2 aromatic rings. The first-order valence-electron chi connectivity index (χ1n) is 9.21. The second-order valence-corrected chi connectivity index (χ2v) is 9.16. The maximum absolute atomic E-state index is 12.6. The maximum atomic E-state index is 12.6. The zero-order valence-electron chi connectivity index (χ0n) is 16.1. The molecule has 0 unspecified atom stereocenters. The van der Waals surface area contributed by atoms with Gasteiger partial charge in [0.15, 0.2) is 5.11 Å². The van der Waals surface area contributed by atoms with E-state index in [9.17, 15) is 8.42 Å². The monoisotopic (exact) mass is 415 g/mol. The van der Waals surface area contributed by atoms with Gasteiger partial charge in [-0.1, -0.05) is 36.4 Å². The lowest BCUT2D eigenvalue weighted by atomic mass is 10.1. The summed E-state index contributed by atoms with van der Waals surface area (Å²) >= 11 is 5.52. The van der Waals surface area contributed by atoms with Gasteiger partial charge in [-0.25, -0.2) is 8.42 Å². The van der Waals surface area contributed by atoms with Crippen molar-refractivity contribution in [1.82, 2.24) is 9.21 Å². The molecule has 0 radical (unpaired) electrons. The molecule has 0 aromatic heterocycles. The number of nitrogens with zero attached hydrogens (tertiary/aromatic N) is 2. The van der Waals surface area contributed by atoms with Crippen molar-refractivity contribution in [3.05, 3.63) is 70.6 Å². The fraction of sp³-hybridized carbons (Fsp3) is 0.286. The number of nitrogens with one attached hydrogen (secondary N) is 1. The van der Waals surface area contributed by atoms with Gasteiger partial charge in [-0.3, -0.25) is 0 Å². The van der Waals surface area contributed by atoms with Crippen molar-refractivity contribution in [2.45, 2.75) is 13.8 Å². The van der Waals surface area contributed by atoms with Crippen molar-refractivity contribution in [2.75, 3.05) is 31.5 Å². The summed E-state index contributed by atoms with van der Waals surface area (Å²) in [4.78, 5) is 2.01. The van der Waals surface area contributed by atoms with Gasteiger partial charge >= 0.3 is 0 Å². The summed E-state index contributed by atoms with van der Waals surface area (Å²) in [5, 5.41) is 5.18. The Kier molecular flexibility index (Phi) is 6.49. The number of hydrogen-bond donors (Lipinski definition) is 1. The second-order valence-electron chi connectivity index (χ2n) is 6.95. The Morgan fingerprint density at radius 2 is 1.61 bits per heavy atom. The Hall–Kier alpha value is -2.22. The van der Waals surface area contributed by atoms with E-state index in [4.69, 9.17) is 12.2 Å². The van der Waals surface area contributed by atoms with Crippen molar-refractivity contribution >= 4 is 39.1 Å². The third kappa shape index (κ3) is 5.41. The smallest absolute Gasteiger partial charge is 0.236 e. The summed E-state index contributed by atoms with van der Waals surface area (Å²) in [6, 6.07) is 15.6. The molecule has 7 heteroatoms. The molecule has 2 aromatic carbocycles. The predicted molar refractivity (Wildman–Crippen MR) is 120 cm³/mol. The van der Waals surface area contributed by atoms with Gasteiger partial charge in [-0.05, 0) is 61.0 Å². The molecule has 3 rings (SSSR count). The molecule has 1 saturated heterocycles. The van der Waals surface area contributed by atoms with E-state index in [1.807, 2.05) is 61.2 Å². The van der Waals surface area contributed by atoms with Gasteiger partial charge in [0.05, 0.1) is 0 Å². The predicted octanol–water partition coefficient (Wildman–Crippen LogP) is 3.62. The van der Waals surface area contributed by atoms with E-state index in [-0.39, 0.29) is 0 Å². The van der Waals surface area contributed by atoms with Gasteiger partial charge in [0.25, 0.3) is 0 Å². The minimum Gasteiger partial charge on any atom is -0.346 e. The molecular formula is C21H25N3O2S2. The van der Waals surface area contributed by atoms with E-state index < -0.39 is 10.0 Å². The summed E-state index contributed by atoms with van der Waals surface area (Å²) in [7, 11) is -3.44. The average molecular weight is 416 g/mol. The second kappa shape index (κ2) is 8.86. The van der Waals surface area contributed by atoms with E-state index in [0.29, 0.717) is 31.3 Å².